The maximum absolute atomic E-state index is 12.3. The Bertz CT molecular complexity index is 709. The number of hydrogen-bond acceptors (Lipinski definition) is 7. The molecular formula is C18H24N6O3. The van der Waals surface area contributed by atoms with Gasteiger partial charge in [-0.1, -0.05) is 0 Å². The molecule has 1 unspecified atom stereocenters. The van der Waals surface area contributed by atoms with Crippen LogP contribution < -0.4 is 10.2 Å². The van der Waals surface area contributed by atoms with Gasteiger partial charge in [0.05, 0.1) is 12.2 Å². The van der Waals surface area contributed by atoms with Crippen LogP contribution in [0, 0.1) is 11.5 Å². The molecule has 1 aromatic heterocycles. The van der Waals surface area contributed by atoms with Crippen molar-refractivity contribution in [3.63, 3.8) is 0 Å². The van der Waals surface area contributed by atoms with Gasteiger partial charge >= 0.3 is 6.09 Å². The third-order valence-corrected chi connectivity index (χ3v) is 4.80. The maximum Gasteiger partial charge on any atom is 0.409 e. The minimum atomic E-state index is -0.279. The molecule has 1 aromatic rings. The highest BCUT2D eigenvalue weighted by Crippen LogP contribution is 2.15. The summed E-state index contributed by atoms with van der Waals surface area (Å²) in [5, 5.41) is 11.8. The molecule has 9 nitrogen and oxygen atoms in total. The molecule has 2 fully saturated rings. The fourth-order valence-electron chi connectivity index (χ4n) is 3.28. The number of piperazine rings is 1. The summed E-state index contributed by atoms with van der Waals surface area (Å²) < 4.78 is 5.02. The van der Waals surface area contributed by atoms with Crippen LogP contribution in [-0.2, 0) is 4.74 Å². The van der Waals surface area contributed by atoms with Crippen LogP contribution in [0.25, 0.3) is 0 Å². The second kappa shape index (κ2) is 8.58. The third-order valence-electron chi connectivity index (χ3n) is 4.80. The largest absolute Gasteiger partial charge is 0.450 e. The van der Waals surface area contributed by atoms with Gasteiger partial charge in [0.2, 0.25) is 0 Å². The summed E-state index contributed by atoms with van der Waals surface area (Å²) in [5.41, 5.74) is 0.499. The van der Waals surface area contributed by atoms with Crippen molar-refractivity contribution in [3.8, 4) is 6.19 Å². The van der Waals surface area contributed by atoms with Crippen molar-refractivity contribution >= 4 is 17.8 Å². The number of pyridine rings is 1. The number of nitrogens with one attached hydrogen (secondary N) is 1. The Hall–Kier alpha value is -3.02. The molecule has 0 bridgehead atoms. The first kappa shape index (κ1) is 18.8. The van der Waals surface area contributed by atoms with E-state index < -0.39 is 0 Å². The minimum Gasteiger partial charge on any atom is -0.450 e. The van der Waals surface area contributed by atoms with Crippen LogP contribution in [0.15, 0.2) is 18.3 Å². The van der Waals surface area contributed by atoms with E-state index in [1.54, 1.807) is 29.0 Å². The van der Waals surface area contributed by atoms with Gasteiger partial charge in [-0.15, -0.1) is 0 Å². The number of likely N-dealkylation sites (tertiary alicyclic amines) is 1. The summed E-state index contributed by atoms with van der Waals surface area (Å²) >= 11 is 0. The van der Waals surface area contributed by atoms with E-state index in [-0.39, 0.29) is 18.0 Å². The van der Waals surface area contributed by atoms with Gasteiger partial charge in [-0.2, -0.15) is 5.26 Å². The van der Waals surface area contributed by atoms with Crippen molar-refractivity contribution < 1.29 is 14.3 Å². The Kier molecular flexibility index (Phi) is 5.96. The van der Waals surface area contributed by atoms with Crippen molar-refractivity contribution in [1.29, 1.82) is 5.26 Å². The normalized spacial score (nSPS) is 19.6. The van der Waals surface area contributed by atoms with E-state index in [0.717, 1.165) is 12.2 Å². The van der Waals surface area contributed by atoms with Crippen LogP contribution in [0.3, 0.4) is 0 Å². The fraction of sp³-hybridized carbons (Fsp3) is 0.556. The molecule has 9 heteroatoms. The highest BCUT2D eigenvalue weighted by molar-refractivity contribution is 5.94. The molecule has 0 radical (unpaired) electrons. The second-order valence-electron chi connectivity index (χ2n) is 6.58. The lowest BCUT2D eigenvalue weighted by atomic mass is 10.2. The van der Waals surface area contributed by atoms with Gasteiger partial charge in [-0.25, -0.2) is 9.78 Å². The van der Waals surface area contributed by atoms with Gasteiger partial charge in [-0.05, 0) is 25.5 Å². The SMILES string of the molecule is CCOC(=O)N1CCN(c2ccc(C(=O)NC3CCN(C#N)C3)cn2)CC1. The van der Waals surface area contributed by atoms with E-state index in [1.165, 1.54) is 0 Å². The Morgan fingerprint density at radius 2 is 2.07 bits per heavy atom. The number of nitriles is 1. The minimum absolute atomic E-state index is 0.00668. The summed E-state index contributed by atoms with van der Waals surface area (Å²) in [5.74, 6) is 0.609. The summed E-state index contributed by atoms with van der Waals surface area (Å²) in [6.07, 6.45) is 4.16. The van der Waals surface area contributed by atoms with Gasteiger partial charge in [0, 0.05) is 51.5 Å². The van der Waals surface area contributed by atoms with Crippen molar-refractivity contribution in [2.45, 2.75) is 19.4 Å². The number of carbonyl (C=O) groups excluding carboxylic acids is 2. The van der Waals surface area contributed by atoms with Crippen LogP contribution in [0.5, 0.6) is 0 Å². The average molecular weight is 372 g/mol. The smallest absolute Gasteiger partial charge is 0.409 e. The molecule has 1 N–H and O–H groups in total. The van der Waals surface area contributed by atoms with E-state index in [1.807, 2.05) is 6.07 Å². The number of ether oxygens (including phenoxy) is 1. The number of aromatic nitrogens is 1. The number of nitrogens with zero attached hydrogens (tertiary/aromatic N) is 5. The molecule has 3 rings (SSSR count). The summed E-state index contributed by atoms with van der Waals surface area (Å²) in [6, 6.07) is 3.57. The van der Waals surface area contributed by atoms with Gasteiger partial charge in [0.1, 0.15) is 5.82 Å². The van der Waals surface area contributed by atoms with Crippen LogP contribution in [-0.4, -0.2) is 78.7 Å². The quantitative estimate of drug-likeness (QED) is 0.774. The molecule has 2 saturated heterocycles. The monoisotopic (exact) mass is 372 g/mol. The van der Waals surface area contributed by atoms with Crippen LogP contribution in [0.1, 0.15) is 23.7 Å². The second-order valence-corrected chi connectivity index (χ2v) is 6.58. The van der Waals surface area contributed by atoms with E-state index in [4.69, 9.17) is 10.00 Å². The zero-order valence-electron chi connectivity index (χ0n) is 15.4. The first-order chi connectivity index (χ1) is 13.1. The molecule has 1 atom stereocenters. The zero-order chi connectivity index (χ0) is 19.2. The first-order valence-corrected chi connectivity index (χ1v) is 9.19. The highest BCUT2D eigenvalue weighted by Gasteiger charge is 2.24. The summed E-state index contributed by atoms with van der Waals surface area (Å²) in [4.78, 5) is 33.9. The maximum atomic E-state index is 12.3. The predicted molar refractivity (Wildman–Crippen MR) is 98.1 cm³/mol. The van der Waals surface area contributed by atoms with Gasteiger partial charge in [0.25, 0.3) is 5.91 Å². The van der Waals surface area contributed by atoms with Crippen molar-refractivity contribution in [2.24, 2.45) is 0 Å². The highest BCUT2D eigenvalue weighted by atomic mass is 16.6. The molecule has 2 aliphatic rings. The Labute approximate surface area is 158 Å². The van der Waals surface area contributed by atoms with Gasteiger partial charge in [-0.3, -0.25) is 4.79 Å². The number of hydrogen-bond donors (Lipinski definition) is 1. The number of anilines is 1. The molecule has 27 heavy (non-hydrogen) atoms. The summed E-state index contributed by atoms with van der Waals surface area (Å²) in [7, 11) is 0. The molecule has 2 aliphatic heterocycles. The van der Waals surface area contributed by atoms with Crippen molar-refractivity contribution in [3.05, 3.63) is 23.9 Å². The topological polar surface area (TPSA) is 102 Å². The predicted octanol–water partition coefficient (Wildman–Crippen LogP) is 0.645. The fourth-order valence-corrected chi connectivity index (χ4v) is 3.28. The van der Waals surface area contributed by atoms with Gasteiger partial charge in [0.15, 0.2) is 6.19 Å². The zero-order valence-corrected chi connectivity index (χ0v) is 15.4. The van der Waals surface area contributed by atoms with E-state index in [9.17, 15) is 9.59 Å². The molecule has 3 heterocycles. The average Bonchev–Trinajstić information content (AvgIpc) is 3.16. The number of rotatable bonds is 4. The Balaban J connectivity index is 1.51. The van der Waals surface area contributed by atoms with E-state index >= 15 is 0 Å². The van der Waals surface area contributed by atoms with Crippen LogP contribution in [0.2, 0.25) is 0 Å². The Morgan fingerprint density at radius 3 is 2.67 bits per heavy atom. The molecule has 144 valence electrons. The molecule has 0 spiro atoms. The molecule has 2 amide bonds. The molecular weight excluding hydrogens is 348 g/mol. The molecule has 0 aromatic carbocycles. The lowest BCUT2D eigenvalue weighted by molar-refractivity contribution is 0.0937. The third kappa shape index (κ3) is 4.58. The van der Waals surface area contributed by atoms with E-state index in [2.05, 4.69) is 21.4 Å². The van der Waals surface area contributed by atoms with Crippen molar-refractivity contribution in [2.75, 3.05) is 50.8 Å². The van der Waals surface area contributed by atoms with Crippen LogP contribution >= 0.6 is 0 Å². The molecule has 0 aliphatic carbocycles. The van der Waals surface area contributed by atoms with E-state index in [0.29, 0.717) is 51.4 Å². The number of carbonyl (C=O) groups is 2. The standard InChI is InChI=1S/C18H24N6O3/c1-2-27-18(26)24-9-7-23(8-10-24)16-4-3-14(11-20-16)17(25)21-15-5-6-22(12-15)13-19/h3-4,11,15H,2,5-10,12H2,1H3,(H,21,25). The van der Waals surface area contributed by atoms with Crippen molar-refractivity contribution in [1.82, 2.24) is 20.1 Å². The summed E-state index contributed by atoms with van der Waals surface area (Å²) in [6.45, 7) is 5.91. The lowest BCUT2D eigenvalue weighted by Crippen LogP contribution is -2.49. The van der Waals surface area contributed by atoms with Gasteiger partial charge < -0.3 is 24.8 Å². The molecule has 0 saturated carbocycles. The first-order valence-electron chi connectivity index (χ1n) is 9.19. The Morgan fingerprint density at radius 1 is 1.30 bits per heavy atom. The lowest BCUT2D eigenvalue weighted by Gasteiger charge is -2.34. The number of amides is 2. The van der Waals surface area contributed by atoms with Crippen LogP contribution in [0.4, 0.5) is 10.6 Å².